The van der Waals surface area contributed by atoms with Gasteiger partial charge >= 0.3 is 6.09 Å². The van der Waals surface area contributed by atoms with Gasteiger partial charge < -0.3 is 19.3 Å². The maximum atomic E-state index is 12.6. The summed E-state index contributed by atoms with van der Waals surface area (Å²) in [5, 5.41) is 5.56. The highest BCUT2D eigenvalue weighted by Gasteiger charge is 2.29. The SMILES string of the molecule is O=C1NC(C(=O)Nc2cc(Cl)c(-n3ccc4c3ccc(=O)n4C3CCCC3)c(Cl)c2)NO1. The monoisotopic (exact) mass is 475 g/mol. The van der Waals surface area contributed by atoms with Gasteiger partial charge in [-0.25, -0.2) is 4.79 Å². The molecule has 0 spiro atoms. The molecule has 1 atom stereocenters. The van der Waals surface area contributed by atoms with Crippen LogP contribution in [0.5, 0.6) is 0 Å². The largest absolute Gasteiger partial charge is 0.427 e. The normalized spacial score (nSPS) is 18.7. The number of hydroxylamine groups is 1. The Kier molecular flexibility index (Phi) is 5.32. The number of aromatic nitrogens is 2. The summed E-state index contributed by atoms with van der Waals surface area (Å²) in [4.78, 5) is 40.5. The van der Waals surface area contributed by atoms with Gasteiger partial charge in [-0.3, -0.25) is 14.9 Å². The van der Waals surface area contributed by atoms with Crippen molar-refractivity contribution in [3.05, 3.63) is 56.9 Å². The zero-order chi connectivity index (χ0) is 22.4. The van der Waals surface area contributed by atoms with E-state index >= 15 is 0 Å². The average Bonchev–Trinajstić information content (AvgIpc) is 3.49. The first-order chi connectivity index (χ1) is 15.4. The molecule has 2 fully saturated rings. The van der Waals surface area contributed by atoms with Gasteiger partial charge in [-0.1, -0.05) is 36.0 Å². The maximum absolute atomic E-state index is 12.6. The van der Waals surface area contributed by atoms with Crippen LogP contribution in [0.2, 0.25) is 10.0 Å². The van der Waals surface area contributed by atoms with Crippen molar-refractivity contribution in [1.82, 2.24) is 19.9 Å². The van der Waals surface area contributed by atoms with E-state index < -0.39 is 18.2 Å². The number of hydrogen-bond acceptors (Lipinski definition) is 5. The van der Waals surface area contributed by atoms with Crippen molar-refractivity contribution < 1.29 is 14.4 Å². The lowest BCUT2D eigenvalue weighted by atomic mass is 10.2. The fraction of sp³-hybridized carbons (Fsp3) is 0.286. The van der Waals surface area contributed by atoms with E-state index in [9.17, 15) is 14.4 Å². The van der Waals surface area contributed by atoms with Crippen LogP contribution in [0.4, 0.5) is 10.5 Å². The summed E-state index contributed by atoms with van der Waals surface area (Å²) in [6, 6.07) is 8.55. The van der Waals surface area contributed by atoms with Gasteiger partial charge in [0.15, 0.2) is 6.17 Å². The minimum absolute atomic E-state index is 0.0194. The molecule has 2 amide bonds. The third-order valence-corrected chi connectivity index (χ3v) is 6.37. The molecule has 1 aromatic carbocycles. The second-order valence-electron chi connectivity index (χ2n) is 7.80. The van der Waals surface area contributed by atoms with E-state index in [0.29, 0.717) is 21.4 Å². The molecule has 1 aliphatic carbocycles. The minimum Gasteiger partial charge on any atom is -0.351 e. The highest BCUT2D eigenvalue weighted by atomic mass is 35.5. The predicted molar refractivity (Wildman–Crippen MR) is 120 cm³/mol. The van der Waals surface area contributed by atoms with Gasteiger partial charge in [0.05, 0.1) is 26.8 Å². The zero-order valence-corrected chi connectivity index (χ0v) is 18.2. The average molecular weight is 476 g/mol. The van der Waals surface area contributed by atoms with E-state index in [4.69, 9.17) is 23.2 Å². The standard InChI is InChI=1S/C21H19Cl2N5O4/c22-13-9-11(24-20(30)19-25-21(31)32-26-19)10-14(23)18(13)27-8-7-16-15(27)5-6-17(29)28(16)12-3-1-2-4-12/h5-10,12,19,26H,1-4H2,(H,24,30)(H,25,31). The molecule has 3 aromatic rings. The predicted octanol–water partition coefficient (Wildman–Crippen LogP) is 3.72. The third kappa shape index (κ3) is 3.62. The molecule has 166 valence electrons. The van der Waals surface area contributed by atoms with Gasteiger partial charge in [0.25, 0.3) is 11.5 Å². The van der Waals surface area contributed by atoms with Crippen molar-refractivity contribution in [2.75, 3.05) is 5.32 Å². The Bertz CT molecular complexity index is 1270. The van der Waals surface area contributed by atoms with Crippen molar-refractivity contribution in [1.29, 1.82) is 0 Å². The number of fused-ring (bicyclic) bond motifs is 1. The Morgan fingerprint density at radius 1 is 1.06 bits per heavy atom. The molecule has 3 heterocycles. The van der Waals surface area contributed by atoms with Crippen LogP contribution in [0.15, 0.2) is 41.3 Å². The van der Waals surface area contributed by atoms with Crippen LogP contribution in [0.25, 0.3) is 16.7 Å². The lowest BCUT2D eigenvalue weighted by Gasteiger charge is -2.17. The summed E-state index contributed by atoms with van der Waals surface area (Å²) in [6.45, 7) is 0. The second-order valence-corrected chi connectivity index (χ2v) is 8.61. The molecule has 1 unspecified atom stereocenters. The van der Waals surface area contributed by atoms with E-state index in [1.165, 1.54) is 0 Å². The Balaban J connectivity index is 1.50. The van der Waals surface area contributed by atoms with Crippen LogP contribution in [0, 0.1) is 0 Å². The Morgan fingerprint density at radius 2 is 1.78 bits per heavy atom. The van der Waals surface area contributed by atoms with Crippen molar-refractivity contribution in [2.24, 2.45) is 0 Å². The number of anilines is 1. The topological polar surface area (TPSA) is 106 Å². The van der Waals surface area contributed by atoms with Crippen LogP contribution in [-0.4, -0.2) is 27.3 Å². The van der Waals surface area contributed by atoms with Crippen LogP contribution in [0.1, 0.15) is 31.7 Å². The van der Waals surface area contributed by atoms with E-state index in [1.807, 2.05) is 21.4 Å². The van der Waals surface area contributed by atoms with Crippen LogP contribution in [0.3, 0.4) is 0 Å². The summed E-state index contributed by atoms with van der Waals surface area (Å²) in [5.41, 5.74) is 4.79. The molecule has 1 saturated heterocycles. The summed E-state index contributed by atoms with van der Waals surface area (Å²) in [5.74, 6) is -0.539. The quantitative estimate of drug-likeness (QED) is 0.532. The fourth-order valence-electron chi connectivity index (χ4n) is 4.38. The molecular formula is C21H19Cl2N5O4. The zero-order valence-electron chi connectivity index (χ0n) is 16.7. The van der Waals surface area contributed by atoms with Crippen LogP contribution < -0.4 is 21.7 Å². The van der Waals surface area contributed by atoms with Crippen molar-refractivity contribution in [3.63, 3.8) is 0 Å². The molecule has 1 saturated carbocycles. The molecule has 2 aromatic heterocycles. The smallest absolute Gasteiger partial charge is 0.351 e. The molecule has 0 radical (unpaired) electrons. The first-order valence-electron chi connectivity index (χ1n) is 10.2. The van der Waals surface area contributed by atoms with E-state index in [2.05, 4.69) is 21.0 Å². The first kappa shape index (κ1) is 20.9. The summed E-state index contributed by atoms with van der Waals surface area (Å²) < 4.78 is 3.70. The number of nitrogens with zero attached hydrogens (tertiary/aromatic N) is 2. The van der Waals surface area contributed by atoms with Gasteiger partial charge in [-0.2, -0.15) is 0 Å². The van der Waals surface area contributed by atoms with Crippen molar-refractivity contribution in [3.8, 4) is 5.69 Å². The van der Waals surface area contributed by atoms with E-state index in [1.54, 1.807) is 24.3 Å². The van der Waals surface area contributed by atoms with Crippen LogP contribution in [-0.2, 0) is 9.63 Å². The Labute approximate surface area is 192 Å². The van der Waals surface area contributed by atoms with Crippen molar-refractivity contribution >= 4 is 51.9 Å². The van der Waals surface area contributed by atoms with Gasteiger partial charge in [0.1, 0.15) is 0 Å². The second kappa shape index (κ2) is 8.16. The summed E-state index contributed by atoms with van der Waals surface area (Å²) >= 11 is 13.1. The van der Waals surface area contributed by atoms with Gasteiger partial charge in [-0.05, 0) is 37.1 Å². The van der Waals surface area contributed by atoms with Gasteiger partial charge in [0, 0.05) is 24.0 Å². The molecule has 0 bridgehead atoms. The number of halogens is 2. The fourth-order valence-corrected chi connectivity index (χ4v) is 5.05. The third-order valence-electron chi connectivity index (χ3n) is 5.79. The molecule has 3 N–H and O–H groups in total. The number of carbonyl (C=O) groups is 2. The summed E-state index contributed by atoms with van der Waals surface area (Å²) in [7, 11) is 0. The molecule has 9 nitrogen and oxygen atoms in total. The van der Waals surface area contributed by atoms with E-state index in [0.717, 1.165) is 36.7 Å². The number of carbonyl (C=O) groups excluding carboxylic acids is 2. The number of amides is 2. The number of benzene rings is 1. The Hall–Kier alpha value is -3.01. The van der Waals surface area contributed by atoms with E-state index in [-0.39, 0.29) is 11.6 Å². The lowest BCUT2D eigenvalue weighted by molar-refractivity contribution is -0.119. The molecular weight excluding hydrogens is 457 g/mol. The summed E-state index contributed by atoms with van der Waals surface area (Å²) in [6.07, 6.45) is 4.27. The lowest BCUT2D eigenvalue weighted by Crippen LogP contribution is -2.43. The molecule has 32 heavy (non-hydrogen) atoms. The number of pyridine rings is 1. The Morgan fingerprint density at radius 3 is 2.44 bits per heavy atom. The molecule has 2 aliphatic rings. The van der Waals surface area contributed by atoms with Gasteiger partial charge in [0.2, 0.25) is 0 Å². The number of hydrogen-bond donors (Lipinski definition) is 3. The number of nitrogens with one attached hydrogen (secondary N) is 3. The van der Waals surface area contributed by atoms with Crippen molar-refractivity contribution in [2.45, 2.75) is 37.9 Å². The van der Waals surface area contributed by atoms with Gasteiger partial charge in [-0.15, -0.1) is 5.48 Å². The highest BCUT2D eigenvalue weighted by Crippen LogP contribution is 2.36. The number of rotatable bonds is 4. The minimum atomic E-state index is -1.03. The van der Waals surface area contributed by atoms with Crippen LogP contribution >= 0.6 is 23.2 Å². The molecule has 1 aliphatic heterocycles. The molecule has 5 rings (SSSR count). The maximum Gasteiger partial charge on any atom is 0.427 e. The molecule has 11 heteroatoms. The first-order valence-corrected chi connectivity index (χ1v) is 10.9. The highest BCUT2D eigenvalue weighted by molar-refractivity contribution is 6.38.